The number of halogens is 1. The number of aliphatic hydroxyl groups excluding tert-OH is 1. The van der Waals surface area contributed by atoms with Gasteiger partial charge in [0, 0.05) is 20.1 Å². The summed E-state index contributed by atoms with van der Waals surface area (Å²) in [4.78, 5) is 17.7. The molecule has 0 radical (unpaired) electrons. The standard InChI is InChI=1S/C12H18ClN3O2/c1-4-14-10-6-5-9(13)11(15-10)12(18)16(3)7-8(2)17/h5-6,8,17H,4,7H2,1-3H3,(H,14,15). The molecule has 1 rings (SSSR count). The molecule has 5 nitrogen and oxygen atoms in total. The molecule has 0 aliphatic rings. The Morgan fingerprint density at radius 2 is 2.28 bits per heavy atom. The maximum absolute atomic E-state index is 12.1. The predicted octanol–water partition coefficient (Wildman–Crippen LogP) is 1.62. The monoisotopic (exact) mass is 271 g/mol. The fraction of sp³-hybridized carbons (Fsp3) is 0.500. The minimum Gasteiger partial charge on any atom is -0.392 e. The van der Waals surface area contributed by atoms with Gasteiger partial charge in [-0.05, 0) is 26.0 Å². The number of carbonyl (C=O) groups is 1. The number of likely N-dealkylation sites (N-methyl/N-ethyl adjacent to an activating group) is 1. The van der Waals surface area contributed by atoms with Crippen LogP contribution in [0.3, 0.4) is 0 Å². The third-order valence-corrected chi connectivity index (χ3v) is 2.60. The van der Waals surface area contributed by atoms with Crippen molar-refractivity contribution in [2.24, 2.45) is 0 Å². The molecule has 1 aromatic rings. The second-order valence-corrected chi connectivity index (χ2v) is 4.50. The summed E-state index contributed by atoms with van der Waals surface area (Å²) < 4.78 is 0. The topological polar surface area (TPSA) is 65.5 Å². The van der Waals surface area contributed by atoms with Crippen LogP contribution in [0.1, 0.15) is 24.3 Å². The molecule has 1 heterocycles. The quantitative estimate of drug-likeness (QED) is 0.854. The third-order valence-electron chi connectivity index (χ3n) is 2.29. The third kappa shape index (κ3) is 3.85. The Morgan fingerprint density at radius 3 is 2.83 bits per heavy atom. The van der Waals surface area contributed by atoms with E-state index in [2.05, 4.69) is 10.3 Å². The summed E-state index contributed by atoms with van der Waals surface area (Å²) >= 11 is 5.97. The number of anilines is 1. The van der Waals surface area contributed by atoms with Crippen LogP contribution in [0.4, 0.5) is 5.82 Å². The number of amides is 1. The zero-order valence-electron chi connectivity index (χ0n) is 10.8. The average molecular weight is 272 g/mol. The van der Waals surface area contributed by atoms with Crippen LogP contribution < -0.4 is 5.32 Å². The SMILES string of the molecule is CCNc1ccc(Cl)c(C(=O)N(C)CC(C)O)n1. The van der Waals surface area contributed by atoms with Gasteiger partial charge in [-0.15, -0.1) is 0 Å². The number of carbonyl (C=O) groups excluding carboxylic acids is 1. The highest BCUT2D eigenvalue weighted by Gasteiger charge is 2.18. The van der Waals surface area contributed by atoms with Gasteiger partial charge in [-0.3, -0.25) is 4.79 Å². The van der Waals surface area contributed by atoms with Crippen molar-refractivity contribution < 1.29 is 9.90 Å². The summed E-state index contributed by atoms with van der Waals surface area (Å²) in [5.41, 5.74) is 0.193. The zero-order chi connectivity index (χ0) is 13.7. The van der Waals surface area contributed by atoms with Crippen LogP contribution in [0.5, 0.6) is 0 Å². The number of aliphatic hydroxyl groups is 1. The second kappa shape index (κ2) is 6.56. The van der Waals surface area contributed by atoms with Crippen molar-refractivity contribution in [2.45, 2.75) is 20.0 Å². The largest absolute Gasteiger partial charge is 0.392 e. The van der Waals surface area contributed by atoms with E-state index in [9.17, 15) is 9.90 Å². The molecule has 1 unspecified atom stereocenters. The van der Waals surface area contributed by atoms with Gasteiger partial charge in [0.25, 0.3) is 5.91 Å². The van der Waals surface area contributed by atoms with Crippen molar-refractivity contribution in [3.05, 3.63) is 22.8 Å². The number of nitrogens with zero attached hydrogens (tertiary/aromatic N) is 2. The number of nitrogens with one attached hydrogen (secondary N) is 1. The molecule has 0 aromatic carbocycles. The predicted molar refractivity (Wildman–Crippen MR) is 72.1 cm³/mol. The van der Waals surface area contributed by atoms with E-state index in [-0.39, 0.29) is 18.1 Å². The Labute approximate surface area is 112 Å². The highest BCUT2D eigenvalue weighted by molar-refractivity contribution is 6.33. The van der Waals surface area contributed by atoms with E-state index < -0.39 is 6.10 Å². The first-order valence-electron chi connectivity index (χ1n) is 5.79. The minimum absolute atomic E-state index is 0.193. The van der Waals surface area contributed by atoms with Crippen LogP contribution in [-0.4, -0.2) is 47.1 Å². The lowest BCUT2D eigenvalue weighted by Crippen LogP contribution is -2.33. The molecule has 6 heteroatoms. The van der Waals surface area contributed by atoms with Crippen molar-refractivity contribution in [1.82, 2.24) is 9.88 Å². The first-order chi connectivity index (χ1) is 8.45. The maximum atomic E-state index is 12.1. The highest BCUT2D eigenvalue weighted by Crippen LogP contribution is 2.18. The van der Waals surface area contributed by atoms with Gasteiger partial charge >= 0.3 is 0 Å². The molecule has 1 amide bonds. The van der Waals surface area contributed by atoms with Crippen LogP contribution in [0.25, 0.3) is 0 Å². The van der Waals surface area contributed by atoms with E-state index >= 15 is 0 Å². The normalized spacial score (nSPS) is 12.1. The van der Waals surface area contributed by atoms with Gasteiger partial charge in [0.2, 0.25) is 0 Å². The van der Waals surface area contributed by atoms with Crippen LogP contribution in [0, 0.1) is 0 Å². The van der Waals surface area contributed by atoms with Gasteiger partial charge in [-0.2, -0.15) is 0 Å². The first-order valence-corrected chi connectivity index (χ1v) is 6.17. The van der Waals surface area contributed by atoms with Gasteiger partial charge in [0.05, 0.1) is 11.1 Å². The van der Waals surface area contributed by atoms with E-state index in [1.54, 1.807) is 26.1 Å². The Bertz CT molecular complexity index is 424. The number of pyridine rings is 1. The van der Waals surface area contributed by atoms with Gasteiger partial charge in [0.1, 0.15) is 11.5 Å². The van der Waals surface area contributed by atoms with Crippen LogP contribution in [0.15, 0.2) is 12.1 Å². The van der Waals surface area contributed by atoms with E-state index in [0.29, 0.717) is 17.4 Å². The lowest BCUT2D eigenvalue weighted by Gasteiger charge is -2.19. The van der Waals surface area contributed by atoms with E-state index in [1.807, 2.05) is 6.92 Å². The summed E-state index contributed by atoms with van der Waals surface area (Å²) in [5.74, 6) is 0.302. The molecule has 0 saturated carbocycles. The molecular weight excluding hydrogens is 254 g/mol. The van der Waals surface area contributed by atoms with Crippen molar-refractivity contribution in [3.8, 4) is 0 Å². The fourth-order valence-corrected chi connectivity index (χ4v) is 1.72. The summed E-state index contributed by atoms with van der Waals surface area (Å²) in [6.45, 7) is 4.51. The Kier molecular flexibility index (Phi) is 5.37. The molecule has 1 aromatic heterocycles. The van der Waals surface area contributed by atoms with E-state index in [4.69, 9.17) is 11.6 Å². The second-order valence-electron chi connectivity index (χ2n) is 4.09. The van der Waals surface area contributed by atoms with Crippen LogP contribution >= 0.6 is 11.6 Å². The minimum atomic E-state index is -0.588. The summed E-state index contributed by atoms with van der Waals surface area (Å²) in [7, 11) is 1.60. The Balaban J connectivity index is 2.93. The highest BCUT2D eigenvalue weighted by atomic mass is 35.5. The summed E-state index contributed by atoms with van der Waals surface area (Å²) in [6.07, 6.45) is -0.588. The van der Waals surface area contributed by atoms with E-state index in [0.717, 1.165) is 0 Å². The van der Waals surface area contributed by atoms with Crippen LogP contribution in [0.2, 0.25) is 5.02 Å². The van der Waals surface area contributed by atoms with Gasteiger partial charge in [-0.1, -0.05) is 11.6 Å². The van der Waals surface area contributed by atoms with Crippen molar-refractivity contribution in [1.29, 1.82) is 0 Å². The van der Waals surface area contributed by atoms with Gasteiger partial charge in [0.15, 0.2) is 0 Å². The first kappa shape index (κ1) is 14.7. The van der Waals surface area contributed by atoms with Gasteiger partial charge < -0.3 is 15.3 Å². The molecule has 0 aliphatic carbocycles. The summed E-state index contributed by atoms with van der Waals surface area (Å²) in [6, 6.07) is 3.35. The molecule has 0 bridgehead atoms. The molecule has 0 spiro atoms. The van der Waals surface area contributed by atoms with Crippen molar-refractivity contribution >= 4 is 23.3 Å². The smallest absolute Gasteiger partial charge is 0.273 e. The van der Waals surface area contributed by atoms with Crippen LogP contribution in [-0.2, 0) is 0 Å². The molecule has 18 heavy (non-hydrogen) atoms. The van der Waals surface area contributed by atoms with Crippen molar-refractivity contribution in [3.63, 3.8) is 0 Å². The van der Waals surface area contributed by atoms with E-state index in [1.165, 1.54) is 4.90 Å². The Hall–Kier alpha value is -1.33. The summed E-state index contributed by atoms with van der Waals surface area (Å²) in [5, 5.41) is 12.6. The molecular formula is C12H18ClN3O2. The number of hydrogen-bond donors (Lipinski definition) is 2. The molecule has 0 saturated heterocycles. The molecule has 1 atom stereocenters. The van der Waals surface area contributed by atoms with Gasteiger partial charge in [-0.25, -0.2) is 4.98 Å². The molecule has 0 fully saturated rings. The lowest BCUT2D eigenvalue weighted by molar-refractivity contribution is 0.0698. The van der Waals surface area contributed by atoms with Crippen molar-refractivity contribution in [2.75, 3.05) is 25.5 Å². The lowest BCUT2D eigenvalue weighted by atomic mass is 10.3. The Morgan fingerprint density at radius 1 is 1.61 bits per heavy atom. The molecule has 2 N–H and O–H groups in total. The molecule has 0 aliphatic heterocycles. The zero-order valence-corrected chi connectivity index (χ0v) is 11.5. The molecule has 100 valence electrons. The number of aromatic nitrogens is 1. The average Bonchev–Trinajstić information content (AvgIpc) is 2.30. The maximum Gasteiger partial charge on any atom is 0.273 e. The number of hydrogen-bond acceptors (Lipinski definition) is 4. The number of rotatable bonds is 5. The fourth-order valence-electron chi connectivity index (χ4n) is 1.53.